The number of benzene rings is 1. The van der Waals surface area contributed by atoms with E-state index in [1.165, 1.54) is 12.8 Å². The van der Waals surface area contributed by atoms with Crippen LogP contribution < -0.4 is 15.4 Å². The van der Waals surface area contributed by atoms with E-state index in [4.69, 9.17) is 5.73 Å². The molecule has 1 aliphatic carbocycles. The summed E-state index contributed by atoms with van der Waals surface area (Å²) in [5.41, 5.74) is 6.99. The molecule has 2 fully saturated rings. The topological polar surface area (TPSA) is 75.4 Å². The lowest BCUT2D eigenvalue weighted by molar-refractivity contribution is 0.290. The first kappa shape index (κ1) is 13.9. The van der Waals surface area contributed by atoms with Gasteiger partial charge in [-0.3, -0.25) is 0 Å². The molecule has 1 aliphatic heterocycles. The van der Waals surface area contributed by atoms with E-state index >= 15 is 0 Å². The van der Waals surface area contributed by atoms with Crippen LogP contribution in [0.3, 0.4) is 0 Å². The van der Waals surface area contributed by atoms with E-state index in [9.17, 15) is 8.42 Å². The van der Waals surface area contributed by atoms with Crippen molar-refractivity contribution in [1.29, 1.82) is 0 Å². The fourth-order valence-corrected chi connectivity index (χ4v) is 4.23. The minimum absolute atomic E-state index is 0.116. The summed E-state index contributed by atoms with van der Waals surface area (Å²) in [6, 6.07) is 7.13. The van der Waals surface area contributed by atoms with Gasteiger partial charge in [0.2, 0.25) is 10.0 Å². The van der Waals surface area contributed by atoms with Gasteiger partial charge in [-0.15, -0.1) is 0 Å². The Morgan fingerprint density at radius 1 is 1.35 bits per heavy atom. The maximum atomic E-state index is 12.2. The molecule has 1 saturated carbocycles. The second-order valence-corrected chi connectivity index (χ2v) is 7.57. The van der Waals surface area contributed by atoms with Crippen LogP contribution in [0.5, 0.6) is 0 Å². The van der Waals surface area contributed by atoms with Crippen LogP contribution in [0.1, 0.15) is 19.8 Å². The van der Waals surface area contributed by atoms with Crippen LogP contribution in [0.2, 0.25) is 0 Å². The van der Waals surface area contributed by atoms with Crippen molar-refractivity contribution in [3.63, 3.8) is 0 Å². The zero-order valence-electron chi connectivity index (χ0n) is 11.7. The zero-order chi connectivity index (χ0) is 14.4. The fourth-order valence-electron chi connectivity index (χ4n) is 2.96. The lowest BCUT2D eigenvalue weighted by Gasteiger charge is -2.50. The molecule has 2 aliphatic rings. The van der Waals surface area contributed by atoms with Crippen molar-refractivity contribution in [2.24, 2.45) is 11.7 Å². The van der Waals surface area contributed by atoms with Gasteiger partial charge in [-0.1, -0.05) is 19.1 Å². The number of rotatable bonds is 5. The Bertz CT molecular complexity index is 605. The highest BCUT2D eigenvalue weighted by molar-refractivity contribution is 7.89. The zero-order valence-corrected chi connectivity index (χ0v) is 12.5. The van der Waals surface area contributed by atoms with Crippen LogP contribution in [-0.4, -0.2) is 33.6 Å². The third kappa shape index (κ3) is 2.32. The van der Waals surface area contributed by atoms with Crippen LogP contribution in [0, 0.1) is 5.92 Å². The van der Waals surface area contributed by atoms with E-state index in [0.717, 1.165) is 18.8 Å². The predicted octanol–water partition coefficient (Wildman–Crippen LogP) is 0.912. The smallest absolute Gasteiger partial charge is 0.242 e. The number of nitrogens with two attached hydrogens (primary N) is 1. The predicted molar refractivity (Wildman–Crippen MR) is 79.2 cm³/mol. The Kier molecular flexibility index (Phi) is 3.27. The molecule has 0 aromatic heterocycles. The van der Waals surface area contributed by atoms with Gasteiger partial charge in [0.1, 0.15) is 4.90 Å². The molecular weight excluding hydrogens is 274 g/mol. The van der Waals surface area contributed by atoms with E-state index in [0.29, 0.717) is 17.4 Å². The Morgan fingerprint density at radius 3 is 2.60 bits per heavy atom. The third-order valence-corrected chi connectivity index (χ3v) is 5.78. The summed E-state index contributed by atoms with van der Waals surface area (Å²) in [7, 11) is -3.44. The molecule has 1 aromatic carbocycles. The van der Waals surface area contributed by atoms with Gasteiger partial charge in [0.25, 0.3) is 0 Å². The summed E-state index contributed by atoms with van der Waals surface area (Å²) >= 11 is 0. The van der Waals surface area contributed by atoms with Gasteiger partial charge in [-0.05, 0) is 30.9 Å². The van der Waals surface area contributed by atoms with Crippen molar-refractivity contribution in [3.05, 3.63) is 24.3 Å². The van der Waals surface area contributed by atoms with E-state index in [1.54, 1.807) is 19.1 Å². The fraction of sp³-hybridized carbons (Fsp3) is 0.571. The second kappa shape index (κ2) is 4.72. The molecule has 0 atom stereocenters. The first-order valence-corrected chi connectivity index (χ1v) is 8.57. The molecule has 0 radical (unpaired) electrons. The number of hydrogen-bond donors (Lipinski definition) is 2. The van der Waals surface area contributed by atoms with Crippen molar-refractivity contribution >= 4 is 15.7 Å². The molecule has 1 aromatic rings. The molecular formula is C14H21N3O2S. The van der Waals surface area contributed by atoms with E-state index in [2.05, 4.69) is 9.62 Å². The summed E-state index contributed by atoms with van der Waals surface area (Å²) in [6.45, 7) is 3.66. The molecule has 3 N–H and O–H groups in total. The van der Waals surface area contributed by atoms with Gasteiger partial charge in [0, 0.05) is 19.6 Å². The number of sulfonamides is 1. The quantitative estimate of drug-likeness (QED) is 0.847. The molecule has 1 saturated heterocycles. The minimum Gasteiger partial charge on any atom is -0.367 e. The third-order valence-electron chi connectivity index (χ3n) is 4.19. The Hall–Kier alpha value is -1.11. The van der Waals surface area contributed by atoms with E-state index < -0.39 is 10.0 Å². The highest BCUT2D eigenvalue weighted by Gasteiger charge is 2.50. The van der Waals surface area contributed by atoms with Gasteiger partial charge in [-0.25, -0.2) is 13.1 Å². The van der Waals surface area contributed by atoms with Gasteiger partial charge in [-0.2, -0.15) is 0 Å². The average Bonchev–Trinajstić information content (AvgIpc) is 3.19. The van der Waals surface area contributed by atoms with E-state index in [-0.39, 0.29) is 5.54 Å². The van der Waals surface area contributed by atoms with Crippen LogP contribution in [-0.2, 0) is 10.0 Å². The summed E-state index contributed by atoms with van der Waals surface area (Å²) in [6.07, 6.45) is 2.42. The first-order chi connectivity index (χ1) is 9.46. The summed E-state index contributed by atoms with van der Waals surface area (Å²) in [5.74, 6) is 0.622. The van der Waals surface area contributed by atoms with Gasteiger partial charge < -0.3 is 10.6 Å². The summed E-state index contributed by atoms with van der Waals surface area (Å²) in [5, 5.41) is 0. The van der Waals surface area contributed by atoms with Crippen molar-refractivity contribution in [2.45, 2.75) is 30.2 Å². The monoisotopic (exact) mass is 295 g/mol. The van der Waals surface area contributed by atoms with Gasteiger partial charge >= 0.3 is 0 Å². The number of anilines is 1. The van der Waals surface area contributed by atoms with Crippen LogP contribution in [0.15, 0.2) is 29.2 Å². The maximum absolute atomic E-state index is 12.2. The Labute approximate surface area is 120 Å². The Balaban J connectivity index is 1.85. The van der Waals surface area contributed by atoms with Gasteiger partial charge in [0.15, 0.2) is 0 Å². The van der Waals surface area contributed by atoms with Crippen LogP contribution in [0.25, 0.3) is 0 Å². The highest BCUT2D eigenvalue weighted by atomic mass is 32.2. The van der Waals surface area contributed by atoms with Crippen LogP contribution in [0.4, 0.5) is 5.69 Å². The molecule has 0 amide bonds. The number of nitrogens with one attached hydrogen (secondary N) is 1. The lowest BCUT2D eigenvalue weighted by Crippen LogP contribution is -2.69. The van der Waals surface area contributed by atoms with Crippen molar-refractivity contribution in [3.8, 4) is 0 Å². The number of nitrogens with zero attached hydrogens (tertiary/aromatic N) is 1. The van der Waals surface area contributed by atoms with Crippen molar-refractivity contribution in [2.75, 3.05) is 24.5 Å². The molecule has 5 nitrogen and oxygen atoms in total. The standard InChI is InChI=1S/C14H21N3O2S/c1-2-16-20(18,19)13-6-4-3-5-12(13)17-9-14(15,10-17)11-7-8-11/h3-6,11,16H,2,7-10,15H2,1H3. The molecule has 0 spiro atoms. The maximum Gasteiger partial charge on any atom is 0.242 e. The molecule has 1 heterocycles. The van der Waals surface area contributed by atoms with Crippen molar-refractivity contribution in [1.82, 2.24) is 4.72 Å². The summed E-state index contributed by atoms with van der Waals surface area (Å²) in [4.78, 5) is 2.42. The molecule has 6 heteroatoms. The highest BCUT2D eigenvalue weighted by Crippen LogP contribution is 2.45. The number of hydrogen-bond acceptors (Lipinski definition) is 4. The minimum atomic E-state index is -3.44. The summed E-state index contributed by atoms with van der Waals surface area (Å²) < 4.78 is 27.0. The van der Waals surface area contributed by atoms with Crippen LogP contribution >= 0.6 is 0 Å². The molecule has 20 heavy (non-hydrogen) atoms. The Morgan fingerprint density at radius 2 is 2.00 bits per heavy atom. The number of para-hydroxylation sites is 1. The molecule has 0 unspecified atom stereocenters. The average molecular weight is 295 g/mol. The van der Waals surface area contributed by atoms with Gasteiger partial charge in [0.05, 0.1) is 11.2 Å². The normalized spacial score (nSPS) is 21.6. The first-order valence-electron chi connectivity index (χ1n) is 7.09. The second-order valence-electron chi connectivity index (χ2n) is 5.83. The lowest BCUT2D eigenvalue weighted by atomic mass is 9.85. The SMILES string of the molecule is CCNS(=O)(=O)c1ccccc1N1CC(N)(C2CC2)C1. The molecule has 110 valence electrons. The molecule has 0 bridgehead atoms. The molecule has 3 rings (SSSR count). The van der Waals surface area contributed by atoms with E-state index in [1.807, 2.05) is 12.1 Å². The van der Waals surface area contributed by atoms with Crippen molar-refractivity contribution < 1.29 is 8.42 Å². The largest absolute Gasteiger partial charge is 0.367 e.